The smallest absolute Gasteiger partial charge is 0.254 e. The number of para-hydroxylation sites is 1. The Labute approximate surface area is 196 Å². The summed E-state index contributed by atoms with van der Waals surface area (Å²) in [6, 6.07) is 13.6. The van der Waals surface area contributed by atoms with Crippen LogP contribution in [-0.4, -0.2) is 60.9 Å². The highest BCUT2D eigenvalue weighted by molar-refractivity contribution is 5.97. The number of carbonyl (C=O) groups excluding carboxylic acids is 2. The number of nitrogens with two attached hydrogens (primary N) is 1. The molecule has 6 nitrogen and oxygen atoms in total. The van der Waals surface area contributed by atoms with Gasteiger partial charge in [0.15, 0.2) is 0 Å². The molecule has 0 radical (unpaired) electrons. The predicted molar refractivity (Wildman–Crippen MR) is 130 cm³/mol. The number of hydrogen-bond acceptors (Lipinski definition) is 4. The maximum absolute atomic E-state index is 12.9. The van der Waals surface area contributed by atoms with Gasteiger partial charge in [0.1, 0.15) is 0 Å². The minimum absolute atomic E-state index is 0. The quantitative estimate of drug-likeness (QED) is 0.708. The van der Waals surface area contributed by atoms with Gasteiger partial charge in [0.05, 0.1) is 6.54 Å². The summed E-state index contributed by atoms with van der Waals surface area (Å²) in [4.78, 5) is 31.7. The van der Waals surface area contributed by atoms with Crippen LogP contribution in [0.3, 0.4) is 0 Å². The fraction of sp³-hybridized carbons (Fsp3) is 0.391. The number of aryl methyl sites for hydroxylation is 2. The molecule has 1 saturated heterocycles. The molecule has 0 atom stereocenters. The number of benzene rings is 2. The van der Waals surface area contributed by atoms with Crippen molar-refractivity contribution in [3.8, 4) is 0 Å². The topological polar surface area (TPSA) is 69.9 Å². The zero-order chi connectivity index (χ0) is 20.4. The monoisotopic (exact) mass is 464 g/mol. The summed E-state index contributed by atoms with van der Waals surface area (Å²) in [6.45, 7) is 5.76. The summed E-state index contributed by atoms with van der Waals surface area (Å²) in [5.41, 5.74) is 10.4. The van der Waals surface area contributed by atoms with E-state index in [1.807, 2.05) is 47.1 Å². The lowest BCUT2D eigenvalue weighted by atomic mass is 10.0. The Morgan fingerprint density at radius 2 is 1.68 bits per heavy atom. The summed E-state index contributed by atoms with van der Waals surface area (Å²) in [6.07, 6.45) is 2.04. The molecule has 0 spiro atoms. The second-order valence-electron chi connectivity index (χ2n) is 7.92. The summed E-state index contributed by atoms with van der Waals surface area (Å²) >= 11 is 0. The van der Waals surface area contributed by atoms with E-state index in [0.717, 1.165) is 30.6 Å². The Balaban J connectivity index is 0.00000171. The number of rotatable bonds is 3. The van der Waals surface area contributed by atoms with Gasteiger partial charge in [0, 0.05) is 49.7 Å². The predicted octanol–water partition coefficient (Wildman–Crippen LogP) is 3.16. The number of amides is 2. The molecule has 0 bridgehead atoms. The summed E-state index contributed by atoms with van der Waals surface area (Å²) in [7, 11) is 0. The highest BCUT2D eigenvalue weighted by Crippen LogP contribution is 2.27. The van der Waals surface area contributed by atoms with Gasteiger partial charge in [-0.1, -0.05) is 24.3 Å². The standard InChI is InChI=1S/C23H28N4O2.2ClH/c1-17-8-9-19(24)15-20(17)23(29)26-13-11-25(12-14-26)16-22(28)27-10-4-6-18-5-2-3-7-21(18)27;;/h2-3,5,7-9,15H,4,6,10-14,16,24H2,1H3;2*1H. The second kappa shape index (κ2) is 10.8. The first-order valence-electron chi connectivity index (χ1n) is 10.3. The van der Waals surface area contributed by atoms with Crippen LogP contribution in [0.5, 0.6) is 0 Å². The van der Waals surface area contributed by atoms with Gasteiger partial charge >= 0.3 is 0 Å². The van der Waals surface area contributed by atoms with Crippen molar-refractivity contribution in [2.24, 2.45) is 0 Å². The van der Waals surface area contributed by atoms with Crippen molar-refractivity contribution in [1.29, 1.82) is 0 Å². The molecule has 0 unspecified atom stereocenters. The molecule has 2 N–H and O–H groups in total. The van der Waals surface area contributed by atoms with Crippen molar-refractivity contribution in [2.75, 3.05) is 49.9 Å². The third-order valence-electron chi connectivity index (χ3n) is 5.92. The zero-order valence-electron chi connectivity index (χ0n) is 17.8. The molecule has 0 saturated carbocycles. The lowest BCUT2D eigenvalue weighted by Gasteiger charge is -2.36. The SMILES string of the molecule is Cc1ccc(N)cc1C(=O)N1CCN(CC(=O)N2CCCc3ccccc32)CC1.Cl.Cl. The number of hydrogen-bond donors (Lipinski definition) is 1. The average Bonchev–Trinajstić information content (AvgIpc) is 2.75. The van der Waals surface area contributed by atoms with E-state index in [2.05, 4.69) is 11.0 Å². The Kier molecular flexibility index (Phi) is 8.74. The highest BCUT2D eigenvalue weighted by atomic mass is 35.5. The van der Waals surface area contributed by atoms with Gasteiger partial charge in [0.2, 0.25) is 5.91 Å². The first-order valence-corrected chi connectivity index (χ1v) is 10.3. The van der Waals surface area contributed by atoms with Crippen molar-refractivity contribution in [3.05, 3.63) is 59.2 Å². The molecular weight excluding hydrogens is 435 g/mol. The largest absolute Gasteiger partial charge is 0.399 e. The maximum atomic E-state index is 12.9. The second-order valence-corrected chi connectivity index (χ2v) is 7.92. The molecule has 2 aliphatic heterocycles. The minimum Gasteiger partial charge on any atom is -0.399 e. The van der Waals surface area contributed by atoms with Crippen LogP contribution in [0.4, 0.5) is 11.4 Å². The van der Waals surface area contributed by atoms with Crippen LogP contribution in [0, 0.1) is 6.92 Å². The Morgan fingerprint density at radius 1 is 0.968 bits per heavy atom. The van der Waals surface area contributed by atoms with Crippen molar-refractivity contribution < 1.29 is 9.59 Å². The van der Waals surface area contributed by atoms with E-state index in [1.54, 1.807) is 6.07 Å². The number of piperazine rings is 1. The van der Waals surface area contributed by atoms with Gasteiger partial charge in [-0.2, -0.15) is 0 Å². The average molecular weight is 465 g/mol. The number of carbonyl (C=O) groups is 2. The number of anilines is 2. The number of fused-ring (bicyclic) bond motifs is 1. The molecule has 168 valence electrons. The highest BCUT2D eigenvalue weighted by Gasteiger charge is 2.27. The van der Waals surface area contributed by atoms with Crippen molar-refractivity contribution in [3.63, 3.8) is 0 Å². The van der Waals surface area contributed by atoms with Gasteiger partial charge in [-0.05, 0) is 49.1 Å². The van der Waals surface area contributed by atoms with Gasteiger partial charge in [0.25, 0.3) is 5.91 Å². The van der Waals surface area contributed by atoms with E-state index in [0.29, 0.717) is 44.0 Å². The van der Waals surface area contributed by atoms with E-state index >= 15 is 0 Å². The van der Waals surface area contributed by atoms with E-state index in [1.165, 1.54) is 5.56 Å². The van der Waals surface area contributed by atoms with Crippen LogP contribution in [0.15, 0.2) is 42.5 Å². The Hall–Kier alpha value is -2.28. The molecule has 4 rings (SSSR count). The summed E-state index contributed by atoms with van der Waals surface area (Å²) < 4.78 is 0. The van der Waals surface area contributed by atoms with Crippen LogP contribution in [0.2, 0.25) is 0 Å². The first-order chi connectivity index (χ1) is 14.0. The molecular formula is C23H30Cl2N4O2. The summed E-state index contributed by atoms with van der Waals surface area (Å²) in [5.74, 6) is 0.161. The number of nitrogens with zero attached hydrogens (tertiary/aromatic N) is 3. The molecule has 0 aromatic heterocycles. The third kappa shape index (κ3) is 5.50. The van der Waals surface area contributed by atoms with E-state index in [9.17, 15) is 9.59 Å². The van der Waals surface area contributed by atoms with Crippen LogP contribution >= 0.6 is 24.8 Å². The minimum atomic E-state index is 0. The van der Waals surface area contributed by atoms with Gasteiger partial charge in [-0.15, -0.1) is 24.8 Å². The van der Waals surface area contributed by atoms with E-state index < -0.39 is 0 Å². The number of nitrogen functional groups attached to an aromatic ring is 1. The first kappa shape index (κ1) is 25.0. The molecule has 2 heterocycles. The molecule has 1 fully saturated rings. The van der Waals surface area contributed by atoms with E-state index in [-0.39, 0.29) is 36.6 Å². The van der Waals surface area contributed by atoms with Gasteiger partial charge < -0.3 is 15.5 Å². The Morgan fingerprint density at radius 3 is 2.42 bits per heavy atom. The fourth-order valence-electron chi connectivity index (χ4n) is 4.22. The van der Waals surface area contributed by atoms with Crippen molar-refractivity contribution in [1.82, 2.24) is 9.80 Å². The van der Waals surface area contributed by atoms with Gasteiger partial charge in [-0.25, -0.2) is 0 Å². The van der Waals surface area contributed by atoms with Gasteiger partial charge in [-0.3, -0.25) is 14.5 Å². The van der Waals surface area contributed by atoms with Crippen LogP contribution in [-0.2, 0) is 11.2 Å². The lowest BCUT2D eigenvalue weighted by molar-refractivity contribution is -0.120. The molecule has 2 aromatic carbocycles. The Bertz CT molecular complexity index is 930. The molecule has 31 heavy (non-hydrogen) atoms. The molecule has 2 amide bonds. The van der Waals surface area contributed by atoms with Crippen molar-refractivity contribution >= 4 is 48.0 Å². The lowest BCUT2D eigenvalue weighted by Crippen LogP contribution is -2.52. The molecule has 2 aliphatic rings. The van der Waals surface area contributed by atoms with Crippen LogP contribution in [0.25, 0.3) is 0 Å². The molecule has 0 aliphatic carbocycles. The van der Waals surface area contributed by atoms with Crippen LogP contribution < -0.4 is 10.6 Å². The van der Waals surface area contributed by atoms with Crippen molar-refractivity contribution in [2.45, 2.75) is 19.8 Å². The summed E-state index contributed by atoms with van der Waals surface area (Å²) in [5, 5.41) is 0. The van der Waals surface area contributed by atoms with E-state index in [4.69, 9.17) is 5.73 Å². The third-order valence-corrected chi connectivity index (χ3v) is 5.92. The maximum Gasteiger partial charge on any atom is 0.254 e. The molecule has 2 aromatic rings. The van der Waals surface area contributed by atoms with Crippen LogP contribution in [0.1, 0.15) is 27.9 Å². The molecule has 8 heteroatoms. The fourth-order valence-corrected chi connectivity index (χ4v) is 4.22. The normalized spacial score (nSPS) is 16.0. The number of halogens is 2. The zero-order valence-corrected chi connectivity index (χ0v) is 19.4.